The van der Waals surface area contributed by atoms with E-state index >= 15 is 0 Å². The minimum Gasteiger partial charge on any atom is -0.396 e. The summed E-state index contributed by atoms with van der Waals surface area (Å²) in [5.41, 5.74) is 1.59. The fourth-order valence-corrected chi connectivity index (χ4v) is 3.06. The number of piperidine rings is 1. The molecule has 1 aromatic carbocycles. The van der Waals surface area contributed by atoms with Crippen LogP contribution in [0.2, 0.25) is 0 Å². The van der Waals surface area contributed by atoms with Gasteiger partial charge in [0.05, 0.1) is 0 Å². The lowest BCUT2D eigenvalue weighted by atomic mass is 9.83. The maximum absolute atomic E-state index is 9.40. The van der Waals surface area contributed by atoms with Gasteiger partial charge in [0.2, 0.25) is 0 Å². The molecule has 2 nitrogen and oxygen atoms in total. The van der Waals surface area contributed by atoms with Crippen molar-refractivity contribution in [1.29, 1.82) is 0 Å². The fourth-order valence-electron chi connectivity index (χ4n) is 3.06. The number of nitrogens with zero attached hydrogens (tertiary/aromatic N) is 1. The highest BCUT2D eigenvalue weighted by molar-refractivity contribution is 5.19. The van der Waals surface area contributed by atoms with E-state index in [1.165, 1.54) is 5.56 Å². The molecule has 1 heterocycles. The van der Waals surface area contributed by atoms with Gasteiger partial charge in [0.15, 0.2) is 0 Å². The molecule has 0 bridgehead atoms. The molecular formula is C16H25NO. The highest BCUT2D eigenvalue weighted by Gasteiger charge is 2.36. The van der Waals surface area contributed by atoms with E-state index < -0.39 is 0 Å². The Hall–Kier alpha value is -0.860. The Morgan fingerprint density at radius 2 is 2.00 bits per heavy atom. The average molecular weight is 247 g/mol. The summed E-state index contributed by atoms with van der Waals surface area (Å²) in [6.45, 7) is 8.23. The smallest absolute Gasteiger partial charge is 0.0471 e. The van der Waals surface area contributed by atoms with Crippen molar-refractivity contribution in [3.8, 4) is 0 Å². The van der Waals surface area contributed by atoms with E-state index in [1.807, 2.05) is 0 Å². The van der Waals surface area contributed by atoms with E-state index in [-0.39, 0.29) is 5.54 Å². The number of aliphatic hydroxyl groups is 1. The molecular weight excluding hydrogens is 222 g/mol. The van der Waals surface area contributed by atoms with Gasteiger partial charge in [-0.3, -0.25) is 4.90 Å². The molecule has 2 rings (SSSR count). The van der Waals surface area contributed by atoms with Crippen LogP contribution in [-0.2, 0) is 0 Å². The van der Waals surface area contributed by atoms with Crippen LogP contribution in [0.3, 0.4) is 0 Å². The van der Waals surface area contributed by atoms with Crippen LogP contribution in [0.15, 0.2) is 30.3 Å². The molecule has 1 aromatic rings. The summed E-state index contributed by atoms with van der Waals surface area (Å²) >= 11 is 0. The number of likely N-dealkylation sites (tertiary alicyclic amines) is 1. The van der Waals surface area contributed by atoms with Gasteiger partial charge in [-0.1, -0.05) is 30.3 Å². The highest BCUT2D eigenvalue weighted by atomic mass is 16.3. The molecule has 0 saturated carbocycles. The van der Waals surface area contributed by atoms with Gasteiger partial charge < -0.3 is 5.11 Å². The number of aliphatic hydroxyl groups excluding tert-OH is 1. The first-order chi connectivity index (χ1) is 8.54. The largest absolute Gasteiger partial charge is 0.396 e. The van der Waals surface area contributed by atoms with Crippen molar-refractivity contribution in [1.82, 2.24) is 4.90 Å². The summed E-state index contributed by atoms with van der Waals surface area (Å²) in [4.78, 5) is 2.55. The van der Waals surface area contributed by atoms with E-state index in [0.717, 1.165) is 19.4 Å². The molecule has 0 amide bonds. The Kier molecular flexibility index (Phi) is 4.08. The zero-order valence-electron chi connectivity index (χ0n) is 11.8. The third kappa shape index (κ3) is 2.76. The van der Waals surface area contributed by atoms with Gasteiger partial charge in [0.1, 0.15) is 0 Å². The van der Waals surface area contributed by atoms with Gasteiger partial charge in [0, 0.05) is 24.7 Å². The van der Waals surface area contributed by atoms with Gasteiger partial charge >= 0.3 is 0 Å². The van der Waals surface area contributed by atoms with Crippen LogP contribution >= 0.6 is 0 Å². The van der Waals surface area contributed by atoms with Crippen molar-refractivity contribution in [2.45, 2.75) is 45.2 Å². The maximum atomic E-state index is 9.40. The molecule has 1 fully saturated rings. The summed E-state index contributed by atoms with van der Waals surface area (Å²) in [5, 5.41) is 9.40. The van der Waals surface area contributed by atoms with Crippen LogP contribution in [0, 0.1) is 5.92 Å². The van der Waals surface area contributed by atoms with Crippen LogP contribution in [0.1, 0.15) is 45.2 Å². The normalized spacial score (nSPS) is 25.9. The Morgan fingerprint density at radius 3 is 2.61 bits per heavy atom. The minimum absolute atomic E-state index is 0.223. The van der Waals surface area contributed by atoms with E-state index in [0.29, 0.717) is 18.6 Å². The first kappa shape index (κ1) is 13.6. The molecule has 1 aliphatic rings. The fraction of sp³-hybridized carbons (Fsp3) is 0.625. The van der Waals surface area contributed by atoms with Gasteiger partial charge in [-0.2, -0.15) is 0 Å². The van der Waals surface area contributed by atoms with Crippen LogP contribution in [-0.4, -0.2) is 28.7 Å². The predicted octanol–water partition coefficient (Wildman–Crippen LogP) is 3.23. The standard InChI is InChI=1S/C16H25NO/c1-13(15-7-5-4-6-8-15)17-11-14(12-18)9-10-16(17,2)3/h4-8,13-14,18H,9-12H2,1-3H3. The summed E-state index contributed by atoms with van der Waals surface area (Å²) in [6.07, 6.45) is 2.30. The lowest BCUT2D eigenvalue weighted by molar-refractivity contribution is -0.00265. The first-order valence-corrected chi connectivity index (χ1v) is 6.97. The minimum atomic E-state index is 0.223. The van der Waals surface area contributed by atoms with Gasteiger partial charge in [-0.15, -0.1) is 0 Å². The number of hydrogen-bond donors (Lipinski definition) is 1. The van der Waals surface area contributed by atoms with Crippen molar-refractivity contribution in [2.24, 2.45) is 5.92 Å². The predicted molar refractivity (Wildman–Crippen MR) is 75.5 cm³/mol. The summed E-state index contributed by atoms with van der Waals surface area (Å²) in [5.74, 6) is 0.434. The molecule has 1 aliphatic heterocycles. The van der Waals surface area contributed by atoms with Crippen LogP contribution in [0.5, 0.6) is 0 Å². The molecule has 100 valence electrons. The summed E-state index contributed by atoms with van der Waals surface area (Å²) < 4.78 is 0. The van der Waals surface area contributed by atoms with Gasteiger partial charge in [-0.25, -0.2) is 0 Å². The Bertz CT molecular complexity index is 374. The van der Waals surface area contributed by atoms with Crippen molar-refractivity contribution >= 4 is 0 Å². The first-order valence-electron chi connectivity index (χ1n) is 6.97. The molecule has 2 heteroatoms. The molecule has 0 aromatic heterocycles. The topological polar surface area (TPSA) is 23.5 Å². The van der Waals surface area contributed by atoms with Crippen LogP contribution in [0.4, 0.5) is 0 Å². The second-order valence-corrected chi connectivity index (χ2v) is 6.14. The highest BCUT2D eigenvalue weighted by Crippen LogP contribution is 2.36. The molecule has 0 aliphatic carbocycles. The molecule has 1 N–H and O–H groups in total. The Morgan fingerprint density at radius 1 is 1.33 bits per heavy atom. The van der Waals surface area contributed by atoms with Crippen molar-refractivity contribution < 1.29 is 5.11 Å². The van der Waals surface area contributed by atoms with E-state index in [9.17, 15) is 5.11 Å². The van der Waals surface area contributed by atoms with Gasteiger partial charge in [0.25, 0.3) is 0 Å². The maximum Gasteiger partial charge on any atom is 0.0471 e. The molecule has 0 spiro atoms. The van der Waals surface area contributed by atoms with Gasteiger partial charge in [-0.05, 0) is 45.1 Å². The van der Waals surface area contributed by atoms with Crippen LogP contribution in [0.25, 0.3) is 0 Å². The van der Waals surface area contributed by atoms with E-state index in [1.54, 1.807) is 0 Å². The lowest BCUT2D eigenvalue weighted by Gasteiger charge is -2.48. The van der Waals surface area contributed by atoms with E-state index in [2.05, 4.69) is 56.0 Å². The third-order valence-electron chi connectivity index (χ3n) is 4.40. The number of rotatable bonds is 3. The Balaban J connectivity index is 2.18. The number of hydrogen-bond acceptors (Lipinski definition) is 2. The van der Waals surface area contributed by atoms with E-state index in [4.69, 9.17) is 0 Å². The SMILES string of the molecule is CC(c1ccccc1)N1CC(CO)CCC1(C)C. The molecule has 18 heavy (non-hydrogen) atoms. The summed E-state index contributed by atoms with van der Waals surface area (Å²) in [6, 6.07) is 11.1. The monoisotopic (exact) mass is 247 g/mol. The van der Waals surface area contributed by atoms with Crippen molar-refractivity contribution in [3.05, 3.63) is 35.9 Å². The Labute approximate surface area is 111 Å². The zero-order valence-corrected chi connectivity index (χ0v) is 11.8. The number of benzene rings is 1. The van der Waals surface area contributed by atoms with Crippen LogP contribution < -0.4 is 0 Å². The molecule has 2 unspecified atom stereocenters. The molecule has 0 radical (unpaired) electrons. The zero-order chi connectivity index (χ0) is 13.2. The lowest BCUT2D eigenvalue weighted by Crippen LogP contribution is -2.51. The third-order valence-corrected chi connectivity index (χ3v) is 4.40. The van der Waals surface area contributed by atoms with Crippen molar-refractivity contribution in [3.63, 3.8) is 0 Å². The molecule has 2 atom stereocenters. The summed E-state index contributed by atoms with van der Waals surface area (Å²) in [7, 11) is 0. The van der Waals surface area contributed by atoms with Crippen molar-refractivity contribution in [2.75, 3.05) is 13.2 Å². The quantitative estimate of drug-likeness (QED) is 0.886. The second-order valence-electron chi connectivity index (χ2n) is 6.14. The average Bonchev–Trinajstić information content (AvgIpc) is 2.39. The second kappa shape index (κ2) is 5.41. The molecule has 1 saturated heterocycles.